The standard InChI is InChI=1S/C19H20N4O5S2/c24-17-18(25)23(19(26)22(17)13-15-5-2-1-3-6-15)14-20-8-10-21(11-9-20)30(27,28)16-7-4-12-29-16/h1-7,12H,8-11,13-14H2. The number of carbonyl (C=O) groups excluding carboxylic acids is 3. The molecule has 0 aliphatic carbocycles. The van der Waals surface area contributed by atoms with Crippen LogP contribution in [0.4, 0.5) is 4.79 Å². The lowest BCUT2D eigenvalue weighted by molar-refractivity contribution is -0.144. The Hall–Kier alpha value is -2.60. The number of hydrogen-bond donors (Lipinski definition) is 0. The van der Waals surface area contributed by atoms with Crippen molar-refractivity contribution in [3.05, 3.63) is 53.4 Å². The van der Waals surface area contributed by atoms with Crippen molar-refractivity contribution in [3.8, 4) is 0 Å². The molecular formula is C19H20N4O5S2. The SMILES string of the molecule is O=C1C(=O)N(CN2CCN(S(=O)(=O)c3cccs3)CC2)C(=O)N1Cc1ccccc1. The number of carbonyl (C=O) groups is 3. The minimum Gasteiger partial charge on any atom is -0.283 e. The van der Waals surface area contributed by atoms with Crippen molar-refractivity contribution >= 4 is 39.2 Å². The summed E-state index contributed by atoms with van der Waals surface area (Å²) in [5.41, 5.74) is 0.751. The minimum atomic E-state index is -3.53. The number of urea groups is 1. The largest absolute Gasteiger partial charge is 0.335 e. The second kappa shape index (κ2) is 8.26. The van der Waals surface area contributed by atoms with Crippen LogP contribution in [0.5, 0.6) is 0 Å². The maximum absolute atomic E-state index is 12.7. The molecule has 2 fully saturated rings. The molecule has 2 aliphatic rings. The second-order valence-corrected chi connectivity index (χ2v) is 10.1. The molecule has 4 rings (SSSR count). The molecule has 0 radical (unpaired) electrons. The van der Waals surface area contributed by atoms with Crippen LogP contribution in [0.1, 0.15) is 5.56 Å². The van der Waals surface area contributed by atoms with Gasteiger partial charge in [-0.2, -0.15) is 4.31 Å². The molecule has 11 heteroatoms. The van der Waals surface area contributed by atoms with E-state index >= 15 is 0 Å². The van der Waals surface area contributed by atoms with Crippen LogP contribution in [0.25, 0.3) is 0 Å². The van der Waals surface area contributed by atoms with E-state index in [4.69, 9.17) is 0 Å². The fraction of sp³-hybridized carbons (Fsp3) is 0.316. The third-order valence-electron chi connectivity index (χ3n) is 5.08. The first-order valence-electron chi connectivity index (χ1n) is 9.35. The molecule has 30 heavy (non-hydrogen) atoms. The molecule has 0 atom stereocenters. The number of sulfonamides is 1. The van der Waals surface area contributed by atoms with E-state index in [0.29, 0.717) is 17.3 Å². The van der Waals surface area contributed by atoms with Gasteiger partial charge in [0.15, 0.2) is 0 Å². The third kappa shape index (κ3) is 3.88. The van der Waals surface area contributed by atoms with E-state index in [1.165, 1.54) is 15.6 Å². The van der Waals surface area contributed by atoms with Crippen LogP contribution in [0, 0.1) is 0 Å². The van der Waals surface area contributed by atoms with E-state index in [9.17, 15) is 22.8 Å². The lowest BCUT2D eigenvalue weighted by atomic mass is 10.2. The van der Waals surface area contributed by atoms with Crippen LogP contribution in [0.3, 0.4) is 0 Å². The summed E-state index contributed by atoms with van der Waals surface area (Å²) < 4.78 is 26.9. The summed E-state index contributed by atoms with van der Waals surface area (Å²) in [7, 11) is -3.53. The highest BCUT2D eigenvalue weighted by Gasteiger charge is 2.45. The first-order chi connectivity index (χ1) is 14.4. The molecule has 2 saturated heterocycles. The fourth-order valence-corrected chi connectivity index (χ4v) is 6.00. The molecule has 0 unspecified atom stereocenters. The lowest BCUT2D eigenvalue weighted by Crippen LogP contribution is -2.52. The Balaban J connectivity index is 1.37. The lowest BCUT2D eigenvalue weighted by Gasteiger charge is -2.34. The summed E-state index contributed by atoms with van der Waals surface area (Å²) in [4.78, 5) is 41.0. The highest BCUT2D eigenvalue weighted by molar-refractivity contribution is 7.91. The Labute approximate surface area is 178 Å². The predicted octanol–water partition coefficient (Wildman–Crippen LogP) is 1.00. The molecule has 0 saturated carbocycles. The van der Waals surface area contributed by atoms with Crippen LogP contribution in [0.2, 0.25) is 0 Å². The van der Waals surface area contributed by atoms with Gasteiger partial charge in [-0.3, -0.25) is 19.4 Å². The summed E-state index contributed by atoms with van der Waals surface area (Å²) in [6.07, 6.45) is 0. The van der Waals surface area contributed by atoms with Crippen molar-refractivity contribution < 1.29 is 22.8 Å². The molecule has 4 amide bonds. The minimum absolute atomic E-state index is 0.0353. The first kappa shape index (κ1) is 20.7. The fourth-order valence-electron chi connectivity index (χ4n) is 3.43. The third-order valence-corrected chi connectivity index (χ3v) is 8.35. The van der Waals surface area contributed by atoms with Crippen molar-refractivity contribution in [2.45, 2.75) is 10.8 Å². The molecule has 2 aliphatic heterocycles. The molecule has 2 aromatic rings. The van der Waals surface area contributed by atoms with Crippen LogP contribution in [-0.2, 0) is 26.2 Å². The molecular weight excluding hydrogens is 428 g/mol. The van der Waals surface area contributed by atoms with Gasteiger partial charge in [0, 0.05) is 26.2 Å². The number of hydrogen-bond acceptors (Lipinski definition) is 7. The van der Waals surface area contributed by atoms with Gasteiger partial charge in [-0.15, -0.1) is 11.3 Å². The van der Waals surface area contributed by atoms with Gasteiger partial charge in [0.2, 0.25) is 0 Å². The molecule has 1 aromatic carbocycles. The van der Waals surface area contributed by atoms with Crippen LogP contribution in [-0.4, -0.2) is 78.1 Å². The highest BCUT2D eigenvalue weighted by atomic mass is 32.2. The van der Waals surface area contributed by atoms with Gasteiger partial charge in [-0.1, -0.05) is 36.4 Å². The molecule has 9 nitrogen and oxygen atoms in total. The number of benzene rings is 1. The van der Waals surface area contributed by atoms with Gasteiger partial charge < -0.3 is 0 Å². The normalized spacial score (nSPS) is 19.1. The quantitative estimate of drug-likeness (QED) is 0.483. The number of nitrogens with zero attached hydrogens (tertiary/aromatic N) is 4. The highest BCUT2D eigenvalue weighted by Crippen LogP contribution is 2.23. The van der Waals surface area contributed by atoms with Crippen molar-refractivity contribution in [3.63, 3.8) is 0 Å². The van der Waals surface area contributed by atoms with E-state index < -0.39 is 27.9 Å². The van der Waals surface area contributed by atoms with Crippen molar-refractivity contribution in [1.82, 2.24) is 19.0 Å². The Kier molecular flexibility index (Phi) is 5.69. The summed E-state index contributed by atoms with van der Waals surface area (Å²) in [6, 6.07) is 11.6. The van der Waals surface area contributed by atoms with E-state index in [2.05, 4.69) is 0 Å². The monoisotopic (exact) mass is 448 g/mol. The molecule has 158 valence electrons. The van der Waals surface area contributed by atoms with Crippen LogP contribution < -0.4 is 0 Å². The molecule has 0 bridgehead atoms. The smallest absolute Gasteiger partial charge is 0.283 e. The zero-order chi connectivity index (χ0) is 21.3. The number of rotatable bonds is 6. The van der Waals surface area contributed by atoms with Crippen LogP contribution in [0.15, 0.2) is 52.1 Å². The van der Waals surface area contributed by atoms with Crippen molar-refractivity contribution in [1.29, 1.82) is 0 Å². The van der Waals surface area contributed by atoms with Gasteiger partial charge >= 0.3 is 17.8 Å². The Bertz CT molecular complexity index is 1050. The van der Waals surface area contributed by atoms with Gasteiger partial charge in [0.25, 0.3) is 10.0 Å². The zero-order valence-electron chi connectivity index (χ0n) is 16.0. The Morgan fingerprint density at radius 2 is 1.50 bits per heavy atom. The maximum Gasteiger partial charge on any atom is 0.335 e. The molecule has 0 spiro atoms. The van der Waals surface area contributed by atoms with Crippen molar-refractivity contribution in [2.24, 2.45) is 0 Å². The van der Waals surface area contributed by atoms with Gasteiger partial charge in [0.05, 0.1) is 13.2 Å². The Morgan fingerprint density at radius 1 is 0.833 bits per heavy atom. The Morgan fingerprint density at radius 3 is 2.13 bits per heavy atom. The second-order valence-electron chi connectivity index (χ2n) is 6.99. The number of thiophene rings is 1. The van der Waals surface area contributed by atoms with E-state index in [1.54, 1.807) is 46.7 Å². The summed E-state index contributed by atoms with van der Waals surface area (Å²) in [6.45, 7) is 1.20. The average Bonchev–Trinajstić information content (AvgIpc) is 3.36. The van der Waals surface area contributed by atoms with Gasteiger partial charge in [-0.25, -0.2) is 18.1 Å². The average molecular weight is 449 g/mol. The van der Waals surface area contributed by atoms with E-state index in [1.807, 2.05) is 6.07 Å². The maximum atomic E-state index is 12.7. The van der Waals surface area contributed by atoms with E-state index in [-0.39, 0.29) is 26.3 Å². The van der Waals surface area contributed by atoms with Crippen LogP contribution >= 0.6 is 11.3 Å². The van der Waals surface area contributed by atoms with Gasteiger partial charge in [-0.05, 0) is 17.0 Å². The van der Waals surface area contributed by atoms with Crippen molar-refractivity contribution in [2.75, 3.05) is 32.8 Å². The summed E-state index contributed by atoms with van der Waals surface area (Å²) >= 11 is 1.17. The molecule has 3 heterocycles. The topological polar surface area (TPSA) is 98.3 Å². The zero-order valence-corrected chi connectivity index (χ0v) is 17.6. The summed E-state index contributed by atoms with van der Waals surface area (Å²) in [5.74, 6) is -1.70. The molecule has 1 aromatic heterocycles. The summed E-state index contributed by atoms with van der Waals surface area (Å²) in [5, 5.41) is 1.71. The number of amides is 4. The van der Waals surface area contributed by atoms with Gasteiger partial charge in [0.1, 0.15) is 4.21 Å². The van der Waals surface area contributed by atoms with E-state index in [0.717, 1.165) is 15.4 Å². The number of imide groups is 2. The molecule has 0 N–H and O–H groups in total. The first-order valence-corrected chi connectivity index (χ1v) is 11.7. The number of piperazine rings is 1. The predicted molar refractivity (Wildman–Crippen MR) is 109 cm³/mol.